The largest absolute Gasteiger partial charge is 0.481 e. The van der Waals surface area contributed by atoms with E-state index in [4.69, 9.17) is 14.6 Å². The number of Topliss-reactive ketones (excluding diaryl/α,β-unsaturated/α-hetero) is 1. The Morgan fingerprint density at radius 2 is 1.61 bits per heavy atom. The Labute approximate surface area is 168 Å². The van der Waals surface area contributed by atoms with Gasteiger partial charge in [-0.3, -0.25) is 14.4 Å². The number of carboxylic acid groups (broad SMARTS) is 1. The number of carbonyl (C=O) groups excluding carboxylic acids is 2. The third kappa shape index (κ3) is 10.1. The number of rotatable bonds is 14. The number of likely N-dealkylation sites (tertiary alicyclic amines) is 1. The minimum absolute atomic E-state index is 0.0184. The Morgan fingerprint density at radius 3 is 2.18 bits per heavy atom. The molecule has 0 radical (unpaired) electrons. The lowest BCUT2D eigenvalue weighted by Gasteiger charge is -2.37. The number of hydrogen-bond donors (Lipinski definition) is 1. The van der Waals surface area contributed by atoms with Crippen molar-refractivity contribution in [1.29, 1.82) is 0 Å². The molecule has 0 spiro atoms. The normalized spacial score (nSPS) is 15.7. The standard InChI is InChI=1S/C20H36N2O6/c1-16(2)18(23)4-5-19(24)22(17-6-9-21(3)10-7-17)11-13-28-15-14-27-12-8-20(25)26/h16-17H,4-15H2,1-3H3,(H,25,26). The number of carboxylic acids is 1. The van der Waals surface area contributed by atoms with Crippen molar-refractivity contribution in [2.24, 2.45) is 5.92 Å². The van der Waals surface area contributed by atoms with Crippen molar-refractivity contribution >= 4 is 17.7 Å². The van der Waals surface area contributed by atoms with E-state index in [9.17, 15) is 14.4 Å². The number of piperidine rings is 1. The van der Waals surface area contributed by atoms with Gasteiger partial charge in [0.1, 0.15) is 5.78 Å². The van der Waals surface area contributed by atoms with Crippen LogP contribution in [0.4, 0.5) is 0 Å². The zero-order valence-corrected chi connectivity index (χ0v) is 17.5. The molecule has 162 valence electrons. The molecule has 1 aliphatic heterocycles. The zero-order chi connectivity index (χ0) is 20.9. The maximum atomic E-state index is 12.7. The first-order valence-corrected chi connectivity index (χ1v) is 10.2. The van der Waals surface area contributed by atoms with Crippen molar-refractivity contribution < 1.29 is 29.0 Å². The lowest BCUT2D eigenvalue weighted by molar-refractivity contribution is -0.138. The van der Waals surface area contributed by atoms with Crippen LogP contribution in [-0.2, 0) is 23.9 Å². The second-order valence-electron chi connectivity index (χ2n) is 7.61. The minimum Gasteiger partial charge on any atom is -0.481 e. The minimum atomic E-state index is -0.885. The smallest absolute Gasteiger partial charge is 0.305 e. The van der Waals surface area contributed by atoms with Crippen LogP contribution in [0.5, 0.6) is 0 Å². The van der Waals surface area contributed by atoms with Crippen LogP contribution in [0.1, 0.15) is 46.0 Å². The van der Waals surface area contributed by atoms with E-state index in [2.05, 4.69) is 11.9 Å². The molecule has 1 amide bonds. The van der Waals surface area contributed by atoms with Crippen LogP contribution >= 0.6 is 0 Å². The monoisotopic (exact) mass is 400 g/mol. The van der Waals surface area contributed by atoms with Crippen LogP contribution in [0, 0.1) is 5.92 Å². The molecule has 1 heterocycles. The Morgan fingerprint density at radius 1 is 1.00 bits per heavy atom. The summed E-state index contributed by atoms with van der Waals surface area (Å²) in [5.41, 5.74) is 0. The van der Waals surface area contributed by atoms with Gasteiger partial charge in [0, 0.05) is 31.3 Å². The summed E-state index contributed by atoms with van der Waals surface area (Å²) < 4.78 is 10.7. The summed E-state index contributed by atoms with van der Waals surface area (Å²) in [6, 6.07) is 0.188. The number of ether oxygens (including phenoxy) is 2. The molecule has 1 aliphatic rings. The highest BCUT2D eigenvalue weighted by molar-refractivity contribution is 5.86. The van der Waals surface area contributed by atoms with Crippen molar-refractivity contribution in [3.63, 3.8) is 0 Å². The maximum Gasteiger partial charge on any atom is 0.305 e. The van der Waals surface area contributed by atoms with Crippen molar-refractivity contribution in [3.8, 4) is 0 Å². The third-order valence-electron chi connectivity index (χ3n) is 4.99. The first-order valence-electron chi connectivity index (χ1n) is 10.2. The molecule has 1 N–H and O–H groups in total. The number of carbonyl (C=O) groups is 3. The van der Waals surface area contributed by atoms with Crippen LogP contribution in [0.3, 0.4) is 0 Å². The van der Waals surface area contributed by atoms with Crippen LogP contribution in [0.2, 0.25) is 0 Å². The van der Waals surface area contributed by atoms with Gasteiger partial charge in [-0.1, -0.05) is 13.8 Å². The number of ketones is 1. The number of amides is 1. The van der Waals surface area contributed by atoms with Gasteiger partial charge in [-0.25, -0.2) is 0 Å². The van der Waals surface area contributed by atoms with Crippen LogP contribution in [0.25, 0.3) is 0 Å². The second-order valence-corrected chi connectivity index (χ2v) is 7.61. The summed E-state index contributed by atoms with van der Waals surface area (Å²) in [6.07, 6.45) is 2.38. The summed E-state index contributed by atoms with van der Waals surface area (Å²) in [5, 5.41) is 8.54. The first kappa shape index (κ1) is 24.5. The molecule has 0 aromatic heterocycles. The molecule has 1 saturated heterocycles. The summed E-state index contributed by atoms with van der Waals surface area (Å²) in [7, 11) is 2.08. The van der Waals surface area contributed by atoms with E-state index in [1.165, 1.54) is 0 Å². The average Bonchev–Trinajstić information content (AvgIpc) is 2.65. The van der Waals surface area contributed by atoms with Gasteiger partial charge in [-0.2, -0.15) is 0 Å². The molecule has 0 saturated carbocycles. The molecule has 0 bridgehead atoms. The van der Waals surface area contributed by atoms with E-state index >= 15 is 0 Å². The van der Waals surface area contributed by atoms with Gasteiger partial charge in [0.15, 0.2) is 0 Å². The fraction of sp³-hybridized carbons (Fsp3) is 0.850. The van der Waals surface area contributed by atoms with Crippen LogP contribution < -0.4 is 0 Å². The lowest BCUT2D eigenvalue weighted by atomic mass is 10.0. The molecule has 0 aromatic rings. The maximum absolute atomic E-state index is 12.7. The number of hydrogen-bond acceptors (Lipinski definition) is 6. The molecule has 0 aromatic carbocycles. The van der Waals surface area contributed by atoms with Gasteiger partial charge in [0.05, 0.1) is 32.8 Å². The van der Waals surface area contributed by atoms with E-state index < -0.39 is 5.97 Å². The predicted molar refractivity (Wildman–Crippen MR) is 105 cm³/mol. The summed E-state index contributed by atoms with van der Waals surface area (Å²) >= 11 is 0. The molecular weight excluding hydrogens is 364 g/mol. The van der Waals surface area contributed by atoms with Gasteiger partial charge in [-0.15, -0.1) is 0 Å². The number of nitrogens with zero attached hydrogens (tertiary/aromatic N) is 2. The van der Waals surface area contributed by atoms with Crippen molar-refractivity contribution in [2.45, 2.75) is 52.0 Å². The van der Waals surface area contributed by atoms with E-state index in [0.29, 0.717) is 26.4 Å². The van der Waals surface area contributed by atoms with Crippen LogP contribution in [-0.4, -0.2) is 91.7 Å². The Bertz CT molecular complexity index is 489. The van der Waals surface area contributed by atoms with E-state index in [1.54, 1.807) is 0 Å². The van der Waals surface area contributed by atoms with Crippen molar-refractivity contribution in [3.05, 3.63) is 0 Å². The summed E-state index contributed by atoms with van der Waals surface area (Å²) in [4.78, 5) is 39.1. The van der Waals surface area contributed by atoms with Crippen molar-refractivity contribution in [2.75, 3.05) is 53.1 Å². The average molecular weight is 401 g/mol. The molecule has 1 rings (SSSR count). The fourth-order valence-electron chi connectivity index (χ4n) is 3.12. The predicted octanol–water partition coefficient (Wildman–Crippen LogP) is 1.42. The molecular formula is C20H36N2O6. The molecule has 28 heavy (non-hydrogen) atoms. The Hall–Kier alpha value is -1.51. The first-order chi connectivity index (χ1) is 13.3. The molecule has 0 atom stereocenters. The highest BCUT2D eigenvalue weighted by Crippen LogP contribution is 2.17. The molecule has 8 nitrogen and oxygen atoms in total. The quantitative estimate of drug-likeness (QED) is 0.441. The van der Waals surface area contributed by atoms with Gasteiger partial charge >= 0.3 is 5.97 Å². The third-order valence-corrected chi connectivity index (χ3v) is 4.99. The van der Waals surface area contributed by atoms with E-state index in [-0.39, 0.29) is 49.5 Å². The second kappa shape index (κ2) is 13.6. The molecule has 8 heteroatoms. The summed E-state index contributed by atoms with van der Waals surface area (Å²) in [6.45, 7) is 7.38. The van der Waals surface area contributed by atoms with Gasteiger partial charge in [-0.05, 0) is 33.0 Å². The van der Waals surface area contributed by atoms with Gasteiger partial charge < -0.3 is 24.4 Å². The lowest BCUT2D eigenvalue weighted by Crippen LogP contribution is -2.48. The Kier molecular flexibility index (Phi) is 11.9. The fourth-order valence-corrected chi connectivity index (χ4v) is 3.12. The van der Waals surface area contributed by atoms with Crippen molar-refractivity contribution in [1.82, 2.24) is 9.80 Å². The topological polar surface area (TPSA) is 96.4 Å². The van der Waals surface area contributed by atoms with Crippen LogP contribution in [0.15, 0.2) is 0 Å². The number of aliphatic carboxylic acids is 1. The molecule has 0 unspecified atom stereocenters. The highest BCUT2D eigenvalue weighted by atomic mass is 16.5. The zero-order valence-electron chi connectivity index (χ0n) is 17.5. The summed E-state index contributed by atoms with van der Waals surface area (Å²) in [5.74, 6) is -0.797. The van der Waals surface area contributed by atoms with Gasteiger partial charge in [0.2, 0.25) is 5.91 Å². The SMILES string of the molecule is CC(C)C(=O)CCC(=O)N(CCOCCOCCC(=O)O)C1CCN(C)CC1. The van der Waals surface area contributed by atoms with E-state index in [0.717, 1.165) is 25.9 Å². The molecule has 0 aliphatic carbocycles. The molecule has 1 fully saturated rings. The highest BCUT2D eigenvalue weighted by Gasteiger charge is 2.27. The van der Waals surface area contributed by atoms with Gasteiger partial charge in [0.25, 0.3) is 0 Å². The Balaban J connectivity index is 2.40. The van der Waals surface area contributed by atoms with E-state index in [1.807, 2.05) is 18.7 Å².